The third-order valence-electron chi connectivity index (χ3n) is 6.30. The summed E-state index contributed by atoms with van der Waals surface area (Å²) in [5, 5.41) is 51.0. The number of esters is 2. The SMILES string of the molecule is COc1cc(-c2oc3cc(O)cc(O)c3c(=O)c2OC2OC(CO)C(O)C(OC(C)=O)C2OC(C)=O)cc(OC)c1O. The molecule has 5 atom stereocenters. The summed E-state index contributed by atoms with van der Waals surface area (Å²) in [6.07, 6.45) is -8.16. The molecule has 5 unspecified atom stereocenters. The molecule has 0 amide bonds. The molecule has 42 heavy (non-hydrogen) atoms. The summed E-state index contributed by atoms with van der Waals surface area (Å²) >= 11 is 0. The van der Waals surface area contributed by atoms with Gasteiger partial charge in [-0.25, -0.2) is 0 Å². The lowest BCUT2D eigenvalue weighted by molar-refractivity contribution is -0.285. The van der Waals surface area contributed by atoms with Crippen LogP contribution < -0.4 is 19.6 Å². The van der Waals surface area contributed by atoms with Crippen LogP contribution in [0.1, 0.15) is 13.8 Å². The number of phenolic OH excluding ortho intramolecular Hbond substituents is 3. The summed E-state index contributed by atoms with van der Waals surface area (Å²) in [7, 11) is 2.52. The molecular weight excluding hydrogens is 564 g/mol. The molecule has 4 rings (SSSR count). The minimum atomic E-state index is -1.79. The molecule has 1 saturated heterocycles. The first kappa shape index (κ1) is 30.2. The zero-order chi connectivity index (χ0) is 30.9. The highest BCUT2D eigenvalue weighted by molar-refractivity contribution is 5.88. The fourth-order valence-corrected chi connectivity index (χ4v) is 4.49. The number of fused-ring (bicyclic) bond motifs is 1. The smallest absolute Gasteiger partial charge is 0.303 e. The highest BCUT2D eigenvalue weighted by Crippen LogP contribution is 2.44. The van der Waals surface area contributed by atoms with Crippen LogP contribution in [0.5, 0.6) is 34.5 Å². The second-order valence-corrected chi connectivity index (χ2v) is 9.14. The van der Waals surface area contributed by atoms with Crippen molar-refractivity contribution in [1.82, 2.24) is 0 Å². The van der Waals surface area contributed by atoms with Crippen LogP contribution in [0.25, 0.3) is 22.3 Å². The maximum Gasteiger partial charge on any atom is 0.303 e. The van der Waals surface area contributed by atoms with Gasteiger partial charge in [0, 0.05) is 31.5 Å². The fourth-order valence-electron chi connectivity index (χ4n) is 4.49. The number of aromatic hydroxyl groups is 3. The average molecular weight is 593 g/mol. The Bertz CT molecular complexity index is 1540. The van der Waals surface area contributed by atoms with Gasteiger partial charge in [-0.3, -0.25) is 14.4 Å². The number of methoxy groups -OCH3 is 2. The number of ether oxygens (including phenoxy) is 6. The van der Waals surface area contributed by atoms with E-state index in [-0.39, 0.29) is 34.2 Å². The molecule has 1 aliphatic rings. The number of aliphatic hydroxyl groups excluding tert-OH is 2. The molecule has 0 spiro atoms. The highest BCUT2D eigenvalue weighted by atomic mass is 16.7. The lowest BCUT2D eigenvalue weighted by Gasteiger charge is -2.42. The van der Waals surface area contributed by atoms with Crippen LogP contribution in [0.4, 0.5) is 0 Å². The van der Waals surface area contributed by atoms with E-state index in [9.17, 15) is 39.9 Å². The number of hydrogen-bond donors (Lipinski definition) is 5. The quantitative estimate of drug-likeness (QED) is 0.229. The number of carbonyl (C=O) groups excluding carboxylic acids is 2. The van der Waals surface area contributed by atoms with Gasteiger partial charge in [0.25, 0.3) is 0 Å². The molecule has 2 aromatic carbocycles. The molecule has 1 fully saturated rings. The molecule has 3 aromatic rings. The second kappa shape index (κ2) is 12.0. The van der Waals surface area contributed by atoms with Gasteiger partial charge < -0.3 is 58.4 Å². The van der Waals surface area contributed by atoms with Crippen LogP contribution in [-0.4, -0.2) is 89.0 Å². The summed E-state index contributed by atoms with van der Waals surface area (Å²) in [6, 6.07) is 4.49. The van der Waals surface area contributed by atoms with Crippen molar-refractivity contribution in [3.63, 3.8) is 0 Å². The van der Waals surface area contributed by atoms with Gasteiger partial charge >= 0.3 is 11.9 Å². The van der Waals surface area contributed by atoms with E-state index < -0.39 is 77.3 Å². The lowest BCUT2D eigenvalue weighted by Crippen LogP contribution is -2.62. The molecule has 0 bridgehead atoms. The zero-order valence-corrected chi connectivity index (χ0v) is 22.7. The Morgan fingerprint density at radius 2 is 1.52 bits per heavy atom. The van der Waals surface area contributed by atoms with Crippen molar-refractivity contribution in [2.75, 3.05) is 20.8 Å². The summed E-state index contributed by atoms with van der Waals surface area (Å²) in [6.45, 7) is 1.27. The summed E-state index contributed by atoms with van der Waals surface area (Å²) in [5.74, 6) is -4.42. The first-order valence-electron chi connectivity index (χ1n) is 12.3. The lowest BCUT2D eigenvalue weighted by atomic mass is 9.98. The van der Waals surface area contributed by atoms with Crippen LogP contribution in [0.15, 0.2) is 33.5 Å². The van der Waals surface area contributed by atoms with E-state index in [0.29, 0.717) is 0 Å². The van der Waals surface area contributed by atoms with Crippen molar-refractivity contribution in [3.05, 3.63) is 34.5 Å². The molecule has 1 aromatic heterocycles. The number of phenols is 3. The van der Waals surface area contributed by atoms with Gasteiger partial charge in [0.15, 0.2) is 23.4 Å². The Morgan fingerprint density at radius 3 is 2.07 bits per heavy atom. The van der Waals surface area contributed by atoms with Crippen molar-refractivity contribution in [3.8, 4) is 45.8 Å². The van der Waals surface area contributed by atoms with Crippen molar-refractivity contribution in [2.45, 2.75) is 44.6 Å². The molecular formula is C27H28O15. The van der Waals surface area contributed by atoms with E-state index >= 15 is 0 Å². The number of aliphatic hydroxyl groups is 2. The summed E-state index contributed by atoms with van der Waals surface area (Å²) in [5.41, 5.74) is -1.22. The maximum absolute atomic E-state index is 13.8. The van der Waals surface area contributed by atoms with Crippen molar-refractivity contribution in [2.24, 2.45) is 0 Å². The van der Waals surface area contributed by atoms with Gasteiger partial charge in [0.2, 0.25) is 29.3 Å². The predicted octanol–water partition coefficient (Wildman–Crippen LogP) is 0.914. The van der Waals surface area contributed by atoms with E-state index in [1.165, 1.54) is 26.4 Å². The Labute approximate surface area is 236 Å². The van der Waals surface area contributed by atoms with E-state index in [0.717, 1.165) is 26.0 Å². The van der Waals surface area contributed by atoms with Crippen molar-refractivity contribution < 1.29 is 68.0 Å². The van der Waals surface area contributed by atoms with E-state index in [4.69, 9.17) is 32.8 Å². The molecule has 15 heteroatoms. The van der Waals surface area contributed by atoms with Gasteiger partial charge in [0.05, 0.1) is 20.8 Å². The molecule has 226 valence electrons. The monoisotopic (exact) mass is 592 g/mol. The number of rotatable bonds is 8. The maximum atomic E-state index is 13.8. The Hall–Kier alpha value is -4.73. The minimum absolute atomic E-state index is 0.0356. The molecule has 0 radical (unpaired) electrons. The topological polar surface area (TPSA) is 221 Å². The molecule has 0 aliphatic carbocycles. The Morgan fingerprint density at radius 1 is 0.929 bits per heavy atom. The van der Waals surface area contributed by atoms with Crippen LogP contribution in [0, 0.1) is 0 Å². The van der Waals surface area contributed by atoms with Crippen LogP contribution in [0.2, 0.25) is 0 Å². The molecule has 15 nitrogen and oxygen atoms in total. The largest absolute Gasteiger partial charge is 0.508 e. The van der Waals surface area contributed by atoms with Crippen LogP contribution >= 0.6 is 0 Å². The predicted molar refractivity (Wildman–Crippen MR) is 140 cm³/mol. The number of benzene rings is 2. The van der Waals surface area contributed by atoms with E-state index in [1.54, 1.807) is 0 Å². The first-order valence-corrected chi connectivity index (χ1v) is 12.3. The number of hydrogen-bond acceptors (Lipinski definition) is 15. The van der Waals surface area contributed by atoms with Gasteiger partial charge in [-0.1, -0.05) is 0 Å². The Kier molecular flexibility index (Phi) is 8.65. The third kappa shape index (κ3) is 5.70. The van der Waals surface area contributed by atoms with Gasteiger partial charge in [-0.2, -0.15) is 0 Å². The van der Waals surface area contributed by atoms with E-state index in [2.05, 4.69) is 0 Å². The molecule has 5 N–H and O–H groups in total. The zero-order valence-electron chi connectivity index (χ0n) is 22.7. The normalized spacial score (nSPS) is 21.9. The van der Waals surface area contributed by atoms with Crippen molar-refractivity contribution >= 4 is 22.9 Å². The first-order chi connectivity index (χ1) is 19.9. The van der Waals surface area contributed by atoms with E-state index in [1.807, 2.05) is 0 Å². The third-order valence-corrected chi connectivity index (χ3v) is 6.30. The minimum Gasteiger partial charge on any atom is -0.508 e. The van der Waals surface area contributed by atoms with Crippen molar-refractivity contribution in [1.29, 1.82) is 0 Å². The van der Waals surface area contributed by atoms with Crippen LogP contribution in [0.3, 0.4) is 0 Å². The van der Waals surface area contributed by atoms with Gasteiger partial charge in [0.1, 0.15) is 34.7 Å². The fraction of sp³-hybridized carbons (Fsp3) is 0.370. The Balaban J connectivity index is 1.98. The van der Waals surface area contributed by atoms with Crippen LogP contribution in [-0.2, 0) is 23.8 Å². The number of carbonyl (C=O) groups is 2. The van der Waals surface area contributed by atoms with Gasteiger partial charge in [-0.05, 0) is 12.1 Å². The summed E-state index contributed by atoms with van der Waals surface area (Å²) in [4.78, 5) is 37.6. The summed E-state index contributed by atoms with van der Waals surface area (Å²) < 4.78 is 38.3. The molecule has 2 heterocycles. The molecule has 0 saturated carbocycles. The molecule has 1 aliphatic heterocycles. The average Bonchev–Trinajstić information content (AvgIpc) is 2.92. The highest BCUT2D eigenvalue weighted by Gasteiger charge is 2.51. The van der Waals surface area contributed by atoms with Gasteiger partial charge in [-0.15, -0.1) is 0 Å². The second-order valence-electron chi connectivity index (χ2n) is 9.14. The standard InChI is InChI=1S/C27H28O15/c1-10(29)38-24-21(34)18(9-28)41-27(26(24)39-11(2)30)42-25-22(35)19-14(32)7-13(31)8-15(19)40-23(25)12-5-16(36-3)20(33)17(6-12)37-4/h5-8,18,21,24,26-28,31-34H,9H2,1-4H3.